The summed E-state index contributed by atoms with van der Waals surface area (Å²) in [4.78, 5) is 12.3. The Morgan fingerprint density at radius 3 is 3.17 bits per heavy atom. The van der Waals surface area contributed by atoms with Crippen molar-refractivity contribution in [3.05, 3.63) is 30.7 Å². The van der Waals surface area contributed by atoms with Gasteiger partial charge in [0, 0.05) is 25.0 Å². The zero-order valence-electron chi connectivity index (χ0n) is 13.1. The number of nitrogens with one attached hydrogen (secondary N) is 2. The first-order valence-corrected chi connectivity index (χ1v) is 7.48. The summed E-state index contributed by atoms with van der Waals surface area (Å²) in [6.45, 7) is 7.12. The third-order valence-corrected chi connectivity index (χ3v) is 3.23. The summed E-state index contributed by atoms with van der Waals surface area (Å²) >= 11 is 0. The van der Waals surface area contributed by atoms with Gasteiger partial charge in [0.05, 0.1) is 11.9 Å². The zero-order chi connectivity index (χ0) is 16.5. The number of hydrogen-bond donors (Lipinski definition) is 2. The molecule has 23 heavy (non-hydrogen) atoms. The van der Waals surface area contributed by atoms with Crippen LogP contribution in [0.4, 0.5) is 5.69 Å². The lowest BCUT2D eigenvalue weighted by molar-refractivity contribution is 0.166. The number of pyridine rings is 1. The molecule has 1 saturated heterocycles. The van der Waals surface area contributed by atoms with E-state index in [1.54, 1.807) is 25.4 Å². The van der Waals surface area contributed by atoms with Gasteiger partial charge in [0.15, 0.2) is 11.4 Å². The molecule has 2 rings (SSSR count). The van der Waals surface area contributed by atoms with Crippen molar-refractivity contribution in [3.8, 4) is 11.8 Å². The van der Waals surface area contributed by atoms with Crippen molar-refractivity contribution in [2.45, 2.75) is 25.9 Å². The number of piperidine rings is 1. The van der Waals surface area contributed by atoms with E-state index in [0.29, 0.717) is 17.4 Å². The topological polar surface area (TPSA) is 94.7 Å². The van der Waals surface area contributed by atoms with Gasteiger partial charge in [-0.2, -0.15) is 5.26 Å². The summed E-state index contributed by atoms with van der Waals surface area (Å²) in [7, 11) is 0. The Kier molecular flexibility index (Phi) is 6.27. The van der Waals surface area contributed by atoms with Gasteiger partial charge in [-0.1, -0.05) is 6.58 Å². The molecule has 120 valence electrons. The Hall–Kier alpha value is -2.72. The van der Waals surface area contributed by atoms with Crippen LogP contribution in [0.1, 0.15) is 25.5 Å². The van der Waals surface area contributed by atoms with E-state index in [4.69, 9.17) is 4.74 Å². The van der Waals surface area contributed by atoms with Crippen LogP contribution in [0.2, 0.25) is 0 Å². The number of ether oxygens (including phenoxy) is 1. The molecule has 0 aromatic carbocycles. The standard InChI is InChI=1S/C16H20N6O/c1-3-19-16(20-4-2)22-12-8-15(14(9-17)21-10-12)23-13-6-5-7-18-11-13/h3-4,8,10,13,18H,1,5-7,11H2,2H3,(H,19,22)/b20-4-/t13-/m1/s1. The first-order chi connectivity index (χ1) is 11.3. The van der Waals surface area contributed by atoms with E-state index in [2.05, 4.69) is 38.3 Å². The number of rotatable bonds is 4. The van der Waals surface area contributed by atoms with Crippen LogP contribution in [0, 0.1) is 11.3 Å². The Morgan fingerprint density at radius 1 is 1.65 bits per heavy atom. The van der Waals surface area contributed by atoms with Crippen molar-refractivity contribution in [1.29, 1.82) is 5.26 Å². The molecule has 7 heteroatoms. The molecule has 1 fully saturated rings. The quantitative estimate of drug-likeness (QED) is 0.655. The minimum Gasteiger partial charge on any atom is -0.486 e. The van der Waals surface area contributed by atoms with Crippen LogP contribution in [0.15, 0.2) is 35.0 Å². The molecule has 1 aromatic rings. The van der Waals surface area contributed by atoms with Crippen molar-refractivity contribution in [1.82, 2.24) is 10.3 Å². The molecule has 0 radical (unpaired) electrons. The molecule has 2 N–H and O–H groups in total. The molecular weight excluding hydrogens is 292 g/mol. The van der Waals surface area contributed by atoms with Crippen LogP contribution in [-0.2, 0) is 0 Å². The Bertz CT molecular complexity index is 640. The molecule has 1 aliphatic heterocycles. The average Bonchev–Trinajstić information content (AvgIpc) is 2.57. The summed E-state index contributed by atoms with van der Waals surface area (Å²) in [6.07, 6.45) is 6.63. The SMILES string of the molecule is C=C/N=C(\N=C/C)Nc1cnc(C#N)c(O[C@@H]2CCCNC2)c1. The fourth-order valence-electron chi connectivity index (χ4n) is 2.22. The number of aliphatic imine (C=N–C) groups is 2. The van der Waals surface area contributed by atoms with E-state index in [0.717, 1.165) is 25.9 Å². The maximum atomic E-state index is 9.20. The van der Waals surface area contributed by atoms with Crippen LogP contribution >= 0.6 is 0 Å². The summed E-state index contributed by atoms with van der Waals surface area (Å²) in [6, 6.07) is 3.80. The molecule has 1 atom stereocenters. The van der Waals surface area contributed by atoms with E-state index < -0.39 is 0 Å². The van der Waals surface area contributed by atoms with E-state index in [9.17, 15) is 5.26 Å². The number of nitriles is 1. The van der Waals surface area contributed by atoms with Gasteiger partial charge in [-0.05, 0) is 26.3 Å². The third kappa shape index (κ3) is 4.90. The predicted octanol–water partition coefficient (Wildman–Crippen LogP) is 2.09. The van der Waals surface area contributed by atoms with Gasteiger partial charge in [0.25, 0.3) is 0 Å². The van der Waals surface area contributed by atoms with Crippen LogP contribution in [0.5, 0.6) is 5.75 Å². The van der Waals surface area contributed by atoms with E-state index in [-0.39, 0.29) is 11.8 Å². The third-order valence-electron chi connectivity index (χ3n) is 3.23. The van der Waals surface area contributed by atoms with Gasteiger partial charge in [0.1, 0.15) is 12.2 Å². The first kappa shape index (κ1) is 16.6. The summed E-state index contributed by atoms with van der Waals surface area (Å²) < 4.78 is 5.93. The van der Waals surface area contributed by atoms with Gasteiger partial charge in [0.2, 0.25) is 5.96 Å². The smallest absolute Gasteiger partial charge is 0.226 e. The van der Waals surface area contributed by atoms with E-state index in [1.807, 2.05) is 0 Å². The molecule has 0 aliphatic carbocycles. The van der Waals surface area contributed by atoms with Crippen LogP contribution in [-0.4, -0.2) is 36.4 Å². The monoisotopic (exact) mass is 312 g/mol. The molecule has 0 amide bonds. The summed E-state index contributed by atoms with van der Waals surface area (Å²) in [5.74, 6) is 0.851. The van der Waals surface area contributed by atoms with Gasteiger partial charge in [-0.3, -0.25) is 0 Å². The van der Waals surface area contributed by atoms with Crippen molar-refractivity contribution < 1.29 is 4.74 Å². The molecule has 0 bridgehead atoms. The number of guanidine groups is 1. The number of nitrogens with zero attached hydrogens (tertiary/aromatic N) is 4. The highest BCUT2D eigenvalue weighted by molar-refractivity contribution is 5.98. The van der Waals surface area contributed by atoms with Gasteiger partial charge < -0.3 is 15.4 Å². The van der Waals surface area contributed by atoms with Crippen LogP contribution in [0.3, 0.4) is 0 Å². The average molecular weight is 312 g/mol. The minimum atomic E-state index is 0.0443. The second kappa shape index (κ2) is 8.66. The highest BCUT2D eigenvalue weighted by Crippen LogP contribution is 2.23. The maximum absolute atomic E-state index is 9.20. The lowest BCUT2D eigenvalue weighted by Gasteiger charge is -2.24. The largest absolute Gasteiger partial charge is 0.486 e. The summed E-state index contributed by atoms with van der Waals surface area (Å²) in [5.41, 5.74) is 0.913. The minimum absolute atomic E-state index is 0.0443. The van der Waals surface area contributed by atoms with Crippen molar-refractivity contribution in [2.24, 2.45) is 9.98 Å². The first-order valence-electron chi connectivity index (χ1n) is 7.48. The van der Waals surface area contributed by atoms with Crippen LogP contribution in [0.25, 0.3) is 0 Å². The molecule has 1 aliphatic rings. The zero-order valence-corrected chi connectivity index (χ0v) is 13.1. The number of anilines is 1. The fraction of sp³-hybridized carbons (Fsp3) is 0.375. The van der Waals surface area contributed by atoms with E-state index >= 15 is 0 Å². The molecule has 2 heterocycles. The molecule has 7 nitrogen and oxygen atoms in total. The maximum Gasteiger partial charge on any atom is 0.226 e. The van der Waals surface area contributed by atoms with Crippen molar-refractivity contribution in [2.75, 3.05) is 18.4 Å². The molecule has 0 saturated carbocycles. The molecule has 1 aromatic heterocycles. The Morgan fingerprint density at radius 2 is 2.52 bits per heavy atom. The highest BCUT2D eigenvalue weighted by atomic mass is 16.5. The molecule has 0 spiro atoms. The number of aromatic nitrogens is 1. The Labute approximate surface area is 135 Å². The van der Waals surface area contributed by atoms with Crippen molar-refractivity contribution >= 4 is 17.9 Å². The normalized spacial score (nSPS) is 18.4. The second-order valence-corrected chi connectivity index (χ2v) is 4.92. The molecule has 0 unspecified atom stereocenters. The highest BCUT2D eigenvalue weighted by Gasteiger charge is 2.17. The predicted molar refractivity (Wildman–Crippen MR) is 90.9 cm³/mol. The Balaban J connectivity index is 2.18. The van der Waals surface area contributed by atoms with Crippen LogP contribution < -0.4 is 15.4 Å². The van der Waals surface area contributed by atoms with Gasteiger partial charge in [-0.25, -0.2) is 15.0 Å². The molecular formula is C16H20N6O. The van der Waals surface area contributed by atoms with Crippen molar-refractivity contribution in [3.63, 3.8) is 0 Å². The summed E-state index contributed by atoms with van der Waals surface area (Å²) in [5, 5.41) is 15.5. The van der Waals surface area contributed by atoms with Gasteiger partial charge in [-0.15, -0.1) is 0 Å². The second-order valence-electron chi connectivity index (χ2n) is 4.92. The lowest BCUT2D eigenvalue weighted by Crippen LogP contribution is -2.37. The number of hydrogen-bond acceptors (Lipinski definition) is 5. The fourth-order valence-corrected chi connectivity index (χ4v) is 2.22. The lowest BCUT2D eigenvalue weighted by atomic mass is 10.1. The van der Waals surface area contributed by atoms with Gasteiger partial charge >= 0.3 is 0 Å². The van der Waals surface area contributed by atoms with E-state index in [1.165, 1.54) is 6.20 Å².